The number of rotatable bonds is 5. The van der Waals surface area contributed by atoms with Crippen LogP contribution in [0.4, 0.5) is 15.0 Å². The Kier molecular flexibility index (Phi) is 7.96. The lowest BCUT2D eigenvalue weighted by atomic mass is 9.97. The number of amides is 1. The van der Waals surface area contributed by atoms with E-state index in [0.29, 0.717) is 65.1 Å². The van der Waals surface area contributed by atoms with Crippen LogP contribution in [0, 0.1) is 5.82 Å². The highest BCUT2D eigenvalue weighted by molar-refractivity contribution is 6.32. The van der Waals surface area contributed by atoms with E-state index in [-0.39, 0.29) is 11.8 Å². The van der Waals surface area contributed by atoms with Gasteiger partial charge in [-0.3, -0.25) is 0 Å². The van der Waals surface area contributed by atoms with Gasteiger partial charge < -0.3 is 19.3 Å². The van der Waals surface area contributed by atoms with Crippen molar-refractivity contribution in [2.45, 2.75) is 26.4 Å². The Balaban J connectivity index is 1.43. The SMILES string of the molecule is COc1c(-c2ccnc(N3CCN(C(=O)OC(C)(C)C)CC3)c2)cc(F)cc1-c1ccc(-n2cnn(C)c2=O)c(Cl)c1. The minimum atomic E-state index is -0.556. The summed E-state index contributed by atoms with van der Waals surface area (Å²) in [5.74, 6) is 0.720. The molecule has 2 aromatic heterocycles. The van der Waals surface area contributed by atoms with Gasteiger partial charge in [-0.2, -0.15) is 5.10 Å². The van der Waals surface area contributed by atoms with Crippen LogP contribution < -0.4 is 15.3 Å². The Hall–Kier alpha value is -4.38. The number of nitrogens with zero attached hydrogens (tertiary/aromatic N) is 6. The first-order valence-corrected chi connectivity index (χ1v) is 13.8. The van der Waals surface area contributed by atoms with E-state index in [4.69, 9.17) is 21.1 Å². The quantitative estimate of drug-likeness (QED) is 0.315. The van der Waals surface area contributed by atoms with Crippen molar-refractivity contribution in [3.8, 4) is 33.7 Å². The average molecular weight is 595 g/mol. The Morgan fingerprint density at radius 3 is 2.24 bits per heavy atom. The fraction of sp³-hybridized carbons (Fsp3) is 0.333. The lowest BCUT2D eigenvalue weighted by Gasteiger charge is -2.36. The molecule has 0 aliphatic carbocycles. The van der Waals surface area contributed by atoms with Crippen LogP contribution in [0.15, 0.2) is 59.8 Å². The third-order valence-electron chi connectivity index (χ3n) is 6.91. The zero-order valence-electron chi connectivity index (χ0n) is 24.1. The molecule has 1 amide bonds. The molecule has 0 bridgehead atoms. The normalized spacial score (nSPS) is 13.8. The number of methoxy groups -OCH3 is 1. The Bertz CT molecular complexity index is 1690. The van der Waals surface area contributed by atoms with Crippen LogP contribution in [0.2, 0.25) is 5.02 Å². The minimum absolute atomic E-state index is 0.298. The fourth-order valence-corrected chi connectivity index (χ4v) is 5.14. The van der Waals surface area contributed by atoms with Crippen LogP contribution in [0.1, 0.15) is 20.8 Å². The van der Waals surface area contributed by atoms with Crippen molar-refractivity contribution >= 4 is 23.5 Å². The lowest BCUT2D eigenvalue weighted by molar-refractivity contribution is 0.0240. The molecule has 1 aliphatic rings. The summed E-state index contributed by atoms with van der Waals surface area (Å²) in [6.45, 7) is 7.68. The second kappa shape index (κ2) is 11.5. The van der Waals surface area contributed by atoms with Crippen molar-refractivity contribution in [3.05, 3.63) is 76.3 Å². The molecule has 10 nitrogen and oxygen atoms in total. The first-order valence-electron chi connectivity index (χ1n) is 13.4. The number of hydrogen-bond donors (Lipinski definition) is 0. The van der Waals surface area contributed by atoms with E-state index in [9.17, 15) is 9.59 Å². The maximum atomic E-state index is 15.1. The van der Waals surface area contributed by atoms with Crippen molar-refractivity contribution in [1.29, 1.82) is 0 Å². The van der Waals surface area contributed by atoms with Gasteiger partial charge in [-0.1, -0.05) is 17.7 Å². The number of aromatic nitrogens is 4. The van der Waals surface area contributed by atoms with E-state index >= 15 is 4.39 Å². The molecule has 0 radical (unpaired) electrons. The number of aryl methyl sites for hydroxylation is 1. The second-order valence-electron chi connectivity index (χ2n) is 11.0. The van der Waals surface area contributed by atoms with Crippen LogP contribution in [-0.2, 0) is 11.8 Å². The molecule has 0 atom stereocenters. The maximum absolute atomic E-state index is 15.1. The number of hydrogen-bond acceptors (Lipinski definition) is 7. The zero-order valence-corrected chi connectivity index (χ0v) is 24.9. The summed E-state index contributed by atoms with van der Waals surface area (Å²) in [4.78, 5) is 33.1. The van der Waals surface area contributed by atoms with Crippen LogP contribution >= 0.6 is 11.6 Å². The van der Waals surface area contributed by atoms with Gasteiger partial charge in [0.05, 0.1) is 17.8 Å². The number of halogens is 2. The van der Waals surface area contributed by atoms with Crippen LogP contribution in [-0.4, -0.2) is 69.2 Å². The molecule has 12 heteroatoms. The van der Waals surface area contributed by atoms with Crippen LogP contribution in [0.25, 0.3) is 27.9 Å². The van der Waals surface area contributed by atoms with Crippen molar-refractivity contribution in [1.82, 2.24) is 24.2 Å². The highest BCUT2D eigenvalue weighted by Crippen LogP contribution is 2.41. The first kappa shape index (κ1) is 29.1. The van der Waals surface area contributed by atoms with E-state index in [1.807, 2.05) is 26.8 Å². The number of anilines is 1. The Morgan fingerprint density at radius 2 is 1.67 bits per heavy atom. The minimum Gasteiger partial charge on any atom is -0.495 e. The van der Waals surface area contributed by atoms with Gasteiger partial charge in [0.2, 0.25) is 0 Å². The molecule has 0 saturated carbocycles. The first-order chi connectivity index (χ1) is 19.9. The van der Waals surface area contributed by atoms with Crippen LogP contribution in [0.5, 0.6) is 5.75 Å². The van der Waals surface area contributed by atoms with E-state index in [1.54, 1.807) is 42.4 Å². The summed E-state index contributed by atoms with van der Waals surface area (Å²) in [7, 11) is 3.08. The van der Waals surface area contributed by atoms with Crippen molar-refractivity contribution in [2.24, 2.45) is 7.05 Å². The zero-order chi connectivity index (χ0) is 30.2. The van der Waals surface area contributed by atoms with Gasteiger partial charge in [0, 0.05) is 50.6 Å². The molecule has 1 aliphatic heterocycles. The molecule has 220 valence electrons. The summed E-state index contributed by atoms with van der Waals surface area (Å²) in [6.07, 6.45) is 2.73. The monoisotopic (exact) mass is 594 g/mol. The van der Waals surface area contributed by atoms with Gasteiger partial charge >= 0.3 is 11.8 Å². The fourth-order valence-electron chi connectivity index (χ4n) is 4.86. The molecular formula is C30H32ClFN6O4. The van der Waals surface area contributed by atoms with Crippen molar-refractivity contribution in [2.75, 3.05) is 38.2 Å². The number of pyridine rings is 1. The van der Waals surface area contributed by atoms with Gasteiger partial charge in [0.25, 0.3) is 0 Å². The largest absolute Gasteiger partial charge is 0.495 e. The number of carbonyl (C=O) groups excluding carboxylic acids is 1. The van der Waals surface area contributed by atoms with Gasteiger partial charge in [-0.15, -0.1) is 0 Å². The summed E-state index contributed by atoms with van der Waals surface area (Å²) < 4.78 is 28.9. The van der Waals surface area contributed by atoms with E-state index in [0.717, 1.165) is 5.56 Å². The Morgan fingerprint density at radius 1 is 1.00 bits per heavy atom. The molecule has 4 aromatic rings. The standard InChI is InChI=1S/C30H32ClFN6O4/c1-30(2,3)42-29(40)37-12-10-36(11-13-37)26-15-20(8-9-33-26)23-17-21(32)16-22(27(23)41-5)19-6-7-25(24(31)14-19)38-18-34-35(4)28(38)39/h6-9,14-18H,10-13H2,1-5H3. The maximum Gasteiger partial charge on any atom is 0.410 e. The highest BCUT2D eigenvalue weighted by atomic mass is 35.5. The number of piperazine rings is 1. The number of benzene rings is 2. The third kappa shape index (κ3) is 5.96. The molecule has 0 N–H and O–H groups in total. The molecule has 3 heterocycles. The molecule has 0 spiro atoms. The van der Waals surface area contributed by atoms with E-state index in [1.165, 1.54) is 34.8 Å². The highest BCUT2D eigenvalue weighted by Gasteiger charge is 2.27. The Labute approximate surface area is 247 Å². The van der Waals surface area contributed by atoms with Gasteiger partial charge in [0.1, 0.15) is 29.3 Å². The molecular weight excluding hydrogens is 563 g/mol. The smallest absolute Gasteiger partial charge is 0.410 e. The van der Waals surface area contributed by atoms with Crippen molar-refractivity contribution < 1.29 is 18.7 Å². The average Bonchev–Trinajstić information content (AvgIpc) is 3.29. The molecule has 42 heavy (non-hydrogen) atoms. The molecule has 1 fully saturated rings. The van der Waals surface area contributed by atoms with E-state index < -0.39 is 11.4 Å². The van der Waals surface area contributed by atoms with Gasteiger partial charge in [-0.05, 0) is 68.3 Å². The molecule has 1 saturated heterocycles. The molecule has 5 rings (SSSR count). The predicted octanol–water partition coefficient (Wildman–Crippen LogP) is 5.16. The summed E-state index contributed by atoms with van der Waals surface area (Å²) in [5.41, 5.74) is 1.95. The van der Waals surface area contributed by atoms with Crippen molar-refractivity contribution in [3.63, 3.8) is 0 Å². The van der Waals surface area contributed by atoms with Gasteiger partial charge in [0.15, 0.2) is 0 Å². The molecule has 2 aromatic carbocycles. The number of ether oxygens (including phenoxy) is 2. The summed E-state index contributed by atoms with van der Waals surface area (Å²) >= 11 is 6.58. The van der Waals surface area contributed by atoms with Gasteiger partial charge in [-0.25, -0.2) is 28.2 Å². The van der Waals surface area contributed by atoms with Crippen LogP contribution in [0.3, 0.4) is 0 Å². The summed E-state index contributed by atoms with van der Waals surface area (Å²) in [5, 5.41) is 4.27. The molecule has 0 unspecified atom stereocenters. The number of carbonyl (C=O) groups is 1. The topological polar surface area (TPSA) is 94.7 Å². The lowest BCUT2D eigenvalue weighted by Crippen LogP contribution is -2.50. The summed E-state index contributed by atoms with van der Waals surface area (Å²) in [6, 6.07) is 11.6. The second-order valence-corrected chi connectivity index (χ2v) is 11.4. The van der Waals surface area contributed by atoms with E-state index in [2.05, 4.69) is 15.0 Å². The predicted molar refractivity (Wildman–Crippen MR) is 159 cm³/mol. The third-order valence-corrected chi connectivity index (χ3v) is 7.21.